The molecule has 0 spiro atoms. The van der Waals surface area contributed by atoms with E-state index in [9.17, 15) is 9.59 Å². The van der Waals surface area contributed by atoms with Crippen LogP contribution >= 0.6 is 0 Å². The van der Waals surface area contributed by atoms with E-state index in [4.69, 9.17) is 4.98 Å². The van der Waals surface area contributed by atoms with E-state index >= 15 is 0 Å². The highest BCUT2D eigenvalue weighted by Gasteiger charge is 2.28. The molecular weight excluding hydrogens is 416 g/mol. The number of nitrogens with one attached hydrogen (secondary N) is 1. The molecule has 8 nitrogen and oxygen atoms in total. The molecule has 2 aliphatic rings. The summed E-state index contributed by atoms with van der Waals surface area (Å²) in [6.07, 6.45) is 8.04. The van der Waals surface area contributed by atoms with Crippen LogP contribution in [-0.2, 0) is 13.0 Å². The molecule has 0 aromatic carbocycles. The zero-order chi connectivity index (χ0) is 22.9. The summed E-state index contributed by atoms with van der Waals surface area (Å²) in [6.45, 7) is 7.47. The lowest BCUT2D eigenvalue weighted by Gasteiger charge is -2.33. The van der Waals surface area contributed by atoms with Gasteiger partial charge in [0.15, 0.2) is 5.65 Å². The Morgan fingerprint density at radius 2 is 1.88 bits per heavy atom. The monoisotopic (exact) mass is 448 g/mol. The Kier molecular flexibility index (Phi) is 6.01. The fourth-order valence-electron chi connectivity index (χ4n) is 5.42. The van der Waals surface area contributed by atoms with Crippen LogP contribution in [0.5, 0.6) is 0 Å². The lowest BCUT2D eigenvalue weighted by molar-refractivity contribution is 0.0712. The number of likely N-dealkylation sites (tertiary alicyclic amines) is 1. The number of nitrogens with zero attached hydrogens (tertiary/aromatic N) is 5. The second-order valence-corrected chi connectivity index (χ2v) is 9.24. The van der Waals surface area contributed by atoms with E-state index in [1.165, 1.54) is 0 Å². The third-order valence-electron chi connectivity index (χ3n) is 7.42. The van der Waals surface area contributed by atoms with Crippen LogP contribution in [-0.4, -0.2) is 61.0 Å². The molecule has 174 valence electrons. The third kappa shape index (κ3) is 4.08. The Balaban J connectivity index is 1.33. The number of amides is 1. The van der Waals surface area contributed by atoms with Gasteiger partial charge in [-0.15, -0.1) is 0 Å². The van der Waals surface area contributed by atoms with Crippen molar-refractivity contribution in [2.24, 2.45) is 0 Å². The van der Waals surface area contributed by atoms with Gasteiger partial charge in [0, 0.05) is 74.3 Å². The zero-order valence-electron chi connectivity index (χ0n) is 19.5. The average Bonchev–Trinajstić information content (AvgIpc) is 3.30. The highest BCUT2D eigenvalue weighted by molar-refractivity contribution is 5.94. The van der Waals surface area contributed by atoms with Crippen LogP contribution < -0.4 is 5.56 Å². The molecule has 0 saturated carbocycles. The number of piperidine rings is 1. The molecule has 3 aromatic heterocycles. The Hall–Kier alpha value is -3.00. The molecule has 8 heteroatoms. The van der Waals surface area contributed by atoms with Gasteiger partial charge in [0.2, 0.25) is 0 Å². The van der Waals surface area contributed by atoms with Gasteiger partial charge in [-0.3, -0.25) is 24.6 Å². The van der Waals surface area contributed by atoms with Crippen molar-refractivity contribution in [2.45, 2.75) is 64.5 Å². The van der Waals surface area contributed by atoms with E-state index in [2.05, 4.69) is 28.8 Å². The van der Waals surface area contributed by atoms with Gasteiger partial charge in [-0.1, -0.05) is 13.8 Å². The van der Waals surface area contributed by atoms with Crippen molar-refractivity contribution < 1.29 is 4.79 Å². The number of carbonyl (C=O) groups is 1. The van der Waals surface area contributed by atoms with E-state index < -0.39 is 0 Å². The van der Waals surface area contributed by atoms with Gasteiger partial charge in [-0.2, -0.15) is 0 Å². The second-order valence-electron chi connectivity index (χ2n) is 9.24. The van der Waals surface area contributed by atoms with Gasteiger partial charge < -0.3 is 4.90 Å². The van der Waals surface area contributed by atoms with E-state index in [1.54, 1.807) is 29.0 Å². The van der Waals surface area contributed by atoms with Crippen molar-refractivity contribution in [1.29, 1.82) is 0 Å². The summed E-state index contributed by atoms with van der Waals surface area (Å²) in [6, 6.07) is 6.06. The van der Waals surface area contributed by atoms with Crippen LogP contribution in [0.3, 0.4) is 0 Å². The Morgan fingerprint density at radius 1 is 1.15 bits per heavy atom. The molecule has 1 fully saturated rings. The highest BCUT2D eigenvalue weighted by Crippen LogP contribution is 2.29. The topological polar surface area (TPSA) is 86.6 Å². The lowest BCUT2D eigenvalue weighted by atomic mass is 9.93. The molecule has 5 rings (SSSR count). The van der Waals surface area contributed by atoms with Gasteiger partial charge in [-0.25, -0.2) is 9.50 Å². The molecule has 1 saturated heterocycles. The number of fused-ring (bicyclic) bond motifs is 2. The second kappa shape index (κ2) is 9.09. The van der Waals surface area contributed by atoms with Crippen molar-refractivity contribution in [2.75, 3.05) is 19.6 Å². The summed E-state index contributed by atoms with van der Waals surface area (Å²) in [4.78, 5) is 39.2. The van der Waals surface area contributed by atoms with Crippen molar-refractivity contribution >= 4 is 11.6 Å². The van der Waals surface area contributed by atoms with E-state index in [-0.39, 0.29) is 17.4 Å². The number of H-pyrrole nitrogens is 1. The van der Waals surface area contributed by atoms with Crippen molar-refractivity contribution in [3.8, 4) is 0 Å². The quantitative estimate of drug-likeness (QED) is 0.649. The smallest absolute Gasteiger partial charge is 0.277 e. The van der Waals surface area contributed by atoms with Gasteiger partial charge in [-0.05, 0) is 37.8 Å². The van der Waals surface area contributed by atoms with Crippen LogP contribution in [0, 0.1) is 0 Å². The SMILES string of the molecule is CCC(CC)N1CCc2nc3cc(C4CCN(C(=O)c5ccncc5)CC4)[nH]n3c(=O)c2C1. The van der Waals surface area contributed by atoms with Gasteiger partial charge >= 0.3 is 0 Å². The summed E-state index contributed by atoms with van der Waals surface area (Å²) in [5, 5.41) is 3.34. The maximum absolute atomic E-state index is 13.3. The van der Waals surface area contributed by atoms with Crippen molar-refractivity contribution in [3.63, 3.8) is 0 Å². The molecule has 0 unspecified atom stereocenters. The maximum atomic E-state index is 13.3. The maximum Gasteiger partial charge on any atom is 0.277 e. The number of hydrogen-bond donors (Lipinski definition) is 1. The van der Waals surface area contributed by atoms with Crippen LogP contribution in [0.4, 0.5) is 0 Å². The van der Waals surface area contributed by atoms with E-state index in [1.807, 2.05) is 11.0 Å². The summed E-state index contributed by atoms with van der Waals surface area (Å²) in [7, 11) is 0. The summed E-state index contributed by atoms with van der Waals surface area (Å²) in [5.41, 5.74) is 4.23. The first kappa shape index (κ1) is 21.8. The molecule has 1 N–H and O–H groups in total. The fourth-order valence-corrected chi connectivity index (χ4v) is 5.42. The normalized spacial score (nSPS) is 17.6. The minimum Gasteiger partial charge on any atom is -0.339 e. The fraction of sp³-hybridized carbons (Fsp3) is 0.520. The first-order valence-electron chi connectivity index (χ1n) is 12.2. The molecule has 33 heavy (non-hydrogen) atoms. The van der Waals surface area contributed by atoms with Crippen molar-refractivity contribution in [3.05, 3.63) is 63.5 Å². The Bertz CT molecular complexity index is 1190. The number of aromatic amines is 1. The predicted octanol–water partition coefficient (Wildman–Crippen LogP) is 2.98. The third-order valence-corrected chi connectivity index (χ3v) is 7.42. The summed E-state index contributed by atoms with van der Waals surface area (Å²) >= 11 is 0. The van der Waals surface area contributed by atoms with Crippen LogP contribution in [0.1, 0.15) is 72.8 Å². The Labute approximate surface area is 193 Å². The van der Waals surface area contributed by atoms with Crippen LogP contribution in [0.15, 0.2) is 35.4 Å². The van der Waals surface area contributed by atoms with Crippen molar-refractivity contribution in [1.82, 2.24) is 29.4 Å². The average molecular weight is 449 g/mol. The Morgan fingerprint density at radius 3 is 2.58 bits per heavy atom. The highest BCUT2D eigenvalue weighted by atomic mass is 16.2. The number of aromatic nitrogens is 4. The summed E-state index contributed by atoms with van der Waals surface area (Å²) < 4.78 is 1.62. The minimum atomic E-state index is 0.0298. The van der Waals surface area contributed by atoms with Gasteiger partial charge in [0.25, 0.3) is 11.5 Å². The largest absolute Gasteiger partial charge is 0.339 e. The molecule has 3 aromatic rings. The molecule has 1 amide bonds. The summed E-state index contributed by atoms with van der Waals surface area (Å²) in [5.74, 6) is 0.339. The van der Waals surface area contributed by atoms with E-state index in [0.717, 1.165) is 55.6 Å². The molecule has 5 heterocycles. The van der Waals surface area contributed by atoms with Crippen LogP contribution in [0.25, 0.3) is 5.65 Å². The minimum absolute atomic E-state index is 0.0298. The molecular formula is C25H32N6O2. The predicted molar refractivity (Wildman–Crippen MR) is 126 cm³/mol. The first-order chi connectivity index (χ1) is 16.1. The van der Waals surface area contributed by atoms with Gasteiger partial charge in [0.05, 0.1) is 11.3 Å². The standard InChI is InChI=1S/C25H32N6O2/c1-3-19(4-2)30-14-9-21-20(16-30)25(33)31-23(27-21)15-22(28-31)17-7-12-29(13-8-17)24(32)18-5-10-26-11-6-18/h5-6,10-11,15,17,19,28H,3-4,7-9,12-14,16H2,1-2H3. The number of carbonyl (C=O) groups excluding carboxylic acids is 1. The van der Waals surface area contributed by atoms with Crippen LogP contribution in [0.2, 0.25) is 0 Å². The number of pyridine rings is 1. The lowest BCUT2D eigenvalue weighted by Crippen LogP contribution is -2.42. The number of rotatable bonds is 5. The zero-order valence-corrected chi connectivity index (χ0v) is 19.5. The molecule has 0 aliphatic carbocycles. The molecule has 0 bridgehead atoms. The number of hydrogen-bond acceptors (Lipinski definition) is 5. The molecule has 0 atom stereocenters. The van der Waals surface area contributed by atoms with Gasteiger partial charge in [0.1, 0.15) is 0 Å². The van der Waals surface area contributed by atoms with E-state index in [0.29, 0.717) is 36.9 Å². The molecule has 0 radical (unpaired) electrons. The molecule has 2 aliphatic heterocycles. The first-order valence-corrected chi connectivity index (χ1v) is 12.2.